The van der Waals surface area contributed by atoms with Crippen LogP contribution in [-0.2, 0) is 4.79 Å². The number of carboxylic acids is 1. The molecular weight excluding hydrogens is 421 g/mol. The van der Waals surface area contributed by atoms with Crippen LogP contribution < -0.4 is 4.90 Å². The highest BCUT2D eigenvalue weighted by Crippen LogP contribution is 2.55. The molecule has 31 heavy (non-hydrogen) atoms. The van der Waals surface area contributed by atoms with Crippen LogP contribution in [0.3, 0.4) is 0 Å². The van der Waals surface area contributed by atoms with Crippen molar-refractivity contribution < 1.29 is 24.5 Å². The molecule has 0 saturated heterocycles. The van der Waals surface area contributed by atoms with E-state index in [1.807, 2.05) is 0 Å². The largest absolute Gasteiger partial charge is 0.481 e. The average Bonchev–Trinajstić information content (AvgIpc) is 3.53. The maximum atomic E-state index is 15.0. The number of aliphatic carboxylic acids is 1. The topological polar surface area (TPSA) is 97.1 Å². The van der Waals surface area contributed by atoms with Gasteiger partial charge in [-0.1, -0.05) is 0 Å². The van der Waals surface area contributed by atoms with E-state index in [0.717, 1.165) is 23.6 Å². The van der Waals surface area contributed by atoms with Crippen molar-refractivity contribution in [2.24, 2.45) is 0 Å². The van der Waals surface area contributed by atoms with Gasteiger partial charge in [0.25, 0.3) is 0 Å². The first-order valence-electron chi connectivity index (χ1n) is 10.3. The maximum absolute atomic E-state index is 15.0. The SMILES string of the molecule is O=C(O)CCCN1SC2=C(C(O)c3cc(F)c(-c4ccncc4)cc3N2C2CC2)C1O. The molecule has 3 heterocycles. The Labute approximate surface area is 183 Å². The Morgan fingerprint density at radius 2 is 1.97 bits per heavy atom. The molecule has 3 aliphatic rings. The second-order valence-electron chi connectivity index (χ2n) is 7.99. The summed E-state index contributed by atoms with van der Waals surface area (Å²) in [5.74, 6) is -1.33. The lowest BCUT2D eigenvalue weighted by Gasteiger charge is -2.35. The zero-order chi connectivity index (χ0) is 21.7. The maximum Gasteiger partial charge on any atom is 0.303 e. The van der Waals surface area contributed by atoms with Crippen molar-refractivity contribution >= 4 is 23.6 Å². The van der Waals surface area contributed by atoms with E-state index in [0.29, 0.717) is 35.2 Å². The molecule has 162 valence electrons. The van der Waals surface area contributed by atoms with E-state index in [1.165, 1.54) is 18.0 Å². The standard InChI is InChI=1S/C22H22FN3O4S/c23-16-10-15-17(11-14(16)12-5-7-24-8-6-12)26(13-3-4-13)22-19(20(15)29)21(30)25(31-22)9-1-2-18(27)28/h5-8,10-11,13,20-21,29-30H,1-4,9H2,(H,27,28). The van der Waals surface area contributed by atoms with E-state index >= 15 is 4.39 Å². The van der Waals surface area contributed by atoms with Crippen molar-refractivity contribution in [3.8, 4) is 11.1 Å². The molecule has 3 N–H and O–H groups in total. The van der Waals surface area contributed by atoms with Crippen LogP contribution in [0.5, 0.6) is 0 Å². The minimum Gasteiger partial charge on any atom is -0.481 e. The molecule has 0 bridgehead atoms. The smallest absolute Gasteiger partial charge is 0.303 e. The van der Waals surface area contributed by atoms with Gasteiger partial charge in [0.2, 0.25) is 0 Å². The van der Waals surface area contributed by atoms with E-state index in [-0.39, 0.29) is 12.5 Å². The summed E-state index contributed by atoms with van der Waals surface area (Å²) in [5.41, 5.74) is 2.76. The summed E-state index contributed by atoms with van der Waals surface area (Å²) in [4.78, 5) is 16.9. The molecule has 5 rings (SSSR count). The van der Waals surface area contributed by atoms with Crippen LogP contribution in [-0.4, -0.2) is 49.4 Å². The third-order valence-corrected chi connectivity index (χ3v) is 7.08. The van der Waals surface area contributed by atoms with Gasteiger partial charge >= 0.3 is 5.97 Å². The van der Waals surface area contributed by atoms with Crippen LogP contribution in [0.1, 0.15) is 37.4 Å². The number of benzene rings is 1. The number of carbonyl (C=O) groups is 1. The molecule has 7 nitrogen and oxygen atoms in total. The van der Waals surface area contributed by atoms with Gasteiger partial charge in [0.05, 0.1) is 5.03 Å². The number of aromatic nitrogens is 1. The molecule has 1 fully saturated rings. The highest BCUT2D eigenvalue weighted by molar-refractivity contribution is 8.01. The number of fused-ring (bicyclic) bond motifs is 1. The Hall–Kier alpha value is -2.46. The number of aliphatic hydroxyl groups is 2. The molecule has 1 aromatic carbocycles. The molecule has 2 unspecified atom stereocenters. The first kappa shape index (κ1) is 20.4. The monoisotopic (exact) mass is 443 g/mol. The number of nitrogens with zero attached hydrogens (tertiary/aromatic N) is 3. The molecule has 1 saturated carbocycles. The van der Waals surface area contributed by atoms with E-state index in [1.54, 1.807) is 34.9 Å². The number of halogens is 1. The summed E-state index contributed by atoms with van der Waals surface area (Å²) in [6.07, 6.45) is 3.38. The number of carboxylic acid groups (broad SMARTS) is 1. The Balaban J connectivity index is 1.52. The fraction of sp³-hybridized carbons (Fsp3) is 0.364. The molecular formula is C22H22FN3O4S. The van der Waals surface area contributed by atoms with Gasteiger partial charge in [-0.05, 0) is 61.0 Å². The summed E-state index contributed by atoms with van der Waals surface area (Å²) >= 11 is 1.34. The molecule has 9 heteroatoms. The predicted octanol–water partition coefficient (Wildman–Crippen LogP) is 3.26. The molecule has 2 atom stereocenters. The van der Waals surface area contributed by atoms with Gasteiger partial charge in [-0.2, -0.15) is 0 Å². The molecule has 0 radical (unpaired) electrons. The summed E-state index contributed by atoms with van der Waals surface area (Å²) < 4.78 is 16.7. The molecule has 1 aromatic heterocycles. The number of pyridine rings is 1. The lowest BCUT2D eigenvalue weighted by Crippen LogP contribution is -2.33. The van der Waals surface area contributed by atoms with E-state index in [9.17, 15) is 15.0 Å². The first-order chi connectivity index (χ1) is 15.0. The quantitative estimate of drug-likeness (QED) is 0.586. The fourth-order valence-electron chi connectivity index (χ4n) is 4.20. The summed E-state index contributed by atoms with van der Waals surface area (Å²) in [7, 11) is 0. The van der Waals surface area contributed by atoms with Gasteiger partial charge in [0.15, 0.2) is 0 Å². The van der Waals surface area contributed by atoms with Crippen LogP contribution >= 0.6 is 11.9 Å². The zero-order valence-electron chi connectivity index (χ0n) is 16.6. The molecule has 0 spiro atoms. The van der Waals surface area contributed by atoms with Crippen LogP contribution in [0.4, 0.5) is 10.1 Å². The number of hydrogen-bond acceptors (Lipinski definition) is 7. The van der Waals surface area contributed by atoms with Crippen molar-refractivity contribution in [2.45, 2.75) is 44.1 Å². The van der Waals surface area contributed by atoms with Crippen molar-refractivity contribution in [3.63, 3.8) is 0 Å². The molecule has 0 amide bonds. The highest BCUT2D eigenvalue weighted by Gasteiger charge is 2.47. The minimum atomic E-state index is -1.13. The zero-order valence-corrected chi connectivity index (χ0v) is 17.4. The second-order valence-corrected chi connectivity index (χ2v) is 9.03. The van der Waals surface area contributed by atoms with Crippen molar-refractivity contribution in [3.05, 3.63) is 58.6 Å². The highest BCUT2D eigenvalue weighted by atomic mass is 32.2. The van der Waals surface area contributed by atoms with E-state index in [2.05, 4.69) is 9.88 Å². The van der Waals surface area contributed by atoms with Gasteiger partial charge in [-0.15, -0.1) is 0 Å². The van der Waals surface area contributed by atoms with Crippen LogP contribution in [0.2, 0.25) is 0 Å². The molecule has 1 aliphatic carbocycles. The van der Waals surface area contributed by atoms with Crippen molar-refractivity contribution in [1.82, 2.24) is 9.29 Å². The summed E-state index contributed by atoms with van der Waals surface area (Å²) in [5, 5.41) is 31.6. The minimum absolute atomic E-state index is 0.00404. The first-order valence-corrected chi connectivity index (χ1v) is 11.0. The van der Waals surface area contributed by atoms with Gasteiger partial charge in [0.1, 0.15) is 18.1 Å². The number of anilines is 1. The lowest BCUT2D eigenvalue weighted by molar-refractivity contribution is -0.137. The van der Waals surface area contributed by atoms with Gasteiger partial charge in [0, 0.05) is 53.8 Å². The van der Waals surface area contributed by atoms with Gasteiger partial charge in [-0.25, -0.2) is 8.70 Å². The molecule has 2 aromatic rings. The Bertz CT molecular complexity index is 1060. The van der Waals surface area contributed by atoms with Crippen molar-refractivity contribution in [1.29, 1.82) is 0 Å². The average molecular weight is 444 g/mol. The third-order valence-electron chi connectivity index (χ3n) is 5.86. The van der Waals surface area contributed by atoms with Gasteiger partial charge in [-0.3, -0.25) is 9.78 Å². The van der Waals surface area contributed by atoms with Crippen LogP contribution in [0.15, 0.2) is 47.3 Å². The fourth-order valence-corrected chi connectivity index (χ4v) is 5.52. The Morgan fingerprint density at radius 3 is 2.65 bits per heavy atom. The second kappa shape index (κ2) is 7.90. The Kier molecular flexibility index (Phi) is 5.21. The summed E-state index contributed by atoms with van der Waals surface area (Å²) in [6.45, 7) is 0.364. The summed E-state index contributed by atoms with van der Waals surface area (Å²) in [6, 6.07) is 6.85. The third kappa shape index (κ3) is 3.61. The predicted molar refractivity (Wildman–Crippen MR) is 114 cm³/mol. The number of rotatable bonds is 6. The van der Waals surface area contributed by atoms with E-state index < -0.39 is 24.1 Å². The normalized spacial score (nSPS) is 23.1. The number of aliphatic hydroxyl groups excluding tert-OH is 2. The van der Waals surface area contributed by atoms with Crippen molar-refractivity contribution in [2.75, 3.05) is 11.4 Å². The van der Waals surface area contributed by atoms with Gasteiger partial charge < -0.3 is 20.2 Å². The van der Waals surface area contributed by atoms with E-state index in [4.69, 9.17) is 5.11 Å². The number of hydrogen-bond donors (Lipinski definition) is 3. The van der Waals surface area contributed by atoms with Crippen LogP contribution in [0, 0.1) is 5.82 Å². The Morgan fingerprint density at radius 1 is 1.23 bits per heavy atom. The lowest BCUT2D eigenvalue weighted by atomic mass is 9.92. The molecule has 2 aliphatic heterocycles. The van der Waals surface area contributed by atoms with Crippen LogP contribution in [0.25, 0.3) is 11.1 Å².